The van der Waals surface area contributed by atoms with E-state index in [0.717, 1.165) is 56.7 Å². The molecule has 0 radical (unpaired) electrons. The highest BCUT2D eigenvalue weighted by atomic mass is 15.3. The molecule has 25 heavy (non-hydrogen) atoms. The van der Waals surface area contributed by atoms with Crippen molar-refractivity contribution in [3.05, 3.63) is 12.2 Å². The smallest absolute Gasteiger partial charge is 0.191 e. The van der Waals surface area contributed by atoms with Crippen LogP contribution in [0, 0.1) is 11.8 Å². The summed E-state index contributed by atoms with van der Waals surface area (Å²) in [7, 11) is 0. The van der Waals surface area contributed by atoms with Crippen LogP contribution in [0.1, 0.15) is 65.1 Å². The molecule has 0 bridgehead atoms. The molecule has 0 aromatic carbocycles. The maximum Gasteiger partial charge on any atom is 0.191 e. The maximum absolute atomic E-state index is 4.86. The van der Waals surface area contributed by atoms with Crippen LogP contribution in [0.2, 0.25) is 0 Å². The SMILES string of the molecule is CCc1nncn1CCNC(=NCC1CCCCC1)NCCC(C)C. The van der Waals surface area contributed by atoms with E-state index < -0.39 is 0 Å². The summed E-state index contributed by atoms with van der Waals surface area (Å²) in [4.78, 5) is 4.86. The Morgan fingerprint density at radius 2 is 2.00 bits per heavy atom. The zero-order valence-electron chi connectivity index (χ0n) is 16.3. The topological polar surface area (TPSA) is 67.1 Å². The Labute approximate surface area is 152 Å². The summed E-state index contributed by atoms with van der Waals surface area (Å²) in [5.74, 6) is 3.46. The van der Waals surface area contributed by atoms with Crippen molar-refractivity contribution < 1.29 is 0 Å². The third-order valence-corrected chi connectivity index (χ3v) is 4.90. The van der Waals surface area contributed by atoms with Gasteiger partial charge < -0.3 is 15.2 Å². The minimum Gasteiger partial charge on any atom is -0.356 e. The molecule has 0 amide bonds. The first-order valence-electron chi connectivity index (χ1n) is 10.1. The Bertz CT molecular complexity index is 502. The molecule has 0 aliphatic heterocycles. The monoisotopic (exact) mass is 348 g/mol. The van der Waals surface area contributed by atoms with Gasteiger partial charge in [-0.2, -0.15) is 0 Å². The number of aromatic nitrogens is 3. The molecular formula is C19H36N6. The molecule has 6 heteroatoms. The number of nitrogens with zero attached hydrogens (tertiary/aromatic N) is 4. The molecule has 0 spiro atoms. The first-order valence-corrected chi connectivity index (χ1v) is 10.1. The highest BCUT2D eigenvalue weighted by molar-refractivity contribution is 5.79. The fourth-order valence-corrected chi connectivity index (χ4v) is 3.28. The zero-order chi connectivity index (χ0) is 17.9. The second-order valence-corrected chi connectivity index (χ2v) is 7.52. The maximum atomic E-state index is 4.86. The van der Waals surface area contributed by atoms with Crippen molar-refractivity contribution in [2.75, 3.05) is 19.6 Å². The van der Waals surface area contributed by atoms with Gasteiger partial charge in [0.2, 0.25) is 0 Å². The van der Waals surface area contributed by atoms with Gasteiger partial charge in [-0.25, -0.2) is 0 Å². The van der Waals surface area contributed by atoms with Gasteiger partial charge in [-0.1, -0.05) is 40.0 Å². The van der Waals surface area contributed by atoms with E-state index in [9.17, 15) is 0 Å². The summed E-state index contributed by atoms with van der Waals surface area (Å²) in [6.45, 7) is 10.2. The van der Waals surface area contributed by atoms with Crippen molar-refractivity contribution in [2.45, 2.75) is 72.3 Å². The molecule has 1 aliphatic carbocycles. The largest absolute Gasteiger partial charge is 0.356 e. The fourth-order valence-electron chi connectivity index (χ4n) is 3.28. The van der Waals surface area contributed by atoms with E-state index in [2.05, 4.69) is 46.2 Å². The molecule has 1 fully saturated rings. The highest BCUT2D eigenvalue weighted by Crippen LogP contribution is 2.23. The van der Waals surface area contributed by atoms with Crippen molar-refractivity contribution in [1.29, 1.82) is 0 Å². The summed E-state index contributed by atoms with van der Waals surface area (Å²) in [6.07, 6.45) is 10.7. The van der Waals surface area contributed by atoms with Crippen LogP contribution in [0.25, 0.3) is 0 Å². The molecule has 1 saturated carbocycles. The third kappa shape index (κ3) is 7.45. The molecule has 6 nitrogen and oxygen atoms in total. The Morgan fingerprint density at radius 1 is 1.24 bits per heavy atom. The van der Waals surface area contributed by atoms with E-state index in [1.807, 2.05) is 6.33 Å². The van der Waals surface area contributed by atoms with Crippen molar-refractivity contribution in [3.8, 4) is 0 Å². The van der Waals surface area contributed by atoms with Gasteiger partial charge in [0.1, 0.15) is 12.2 Å². The van der Waals surface area contributed by atoms with Gasteiger partial charge in [-0.15, -0.1) is 10.2 Å². The van der Waals surface area contributed by atoms with Gasteiger partial charge in [0.25, 0.3) is 0 Å². The van der Waals surface area contributed by atoms with Crippen LogP contribution >= 0.6 is 0 Å². The van der Waals surface area contributed by atoms with Crippen LogP contribution in [-0.4, -0.2) is 40.4 Å². The number of aliphatic imine (C=N–C) groups is 1. The van der Waals surface area contributed by atoms with Crippen LogP contribution in [0.4, 0.5) is 0 Å². The van der Waals surface area contributed by atoms with Crippen LogP contribution < -0.4 is 10.6 Å². The standard InChI is InChI=1S/C19H36N6/c1-4-18-24-23-15-25(18)13-12-21-19(20-11-10-16(2)3)22-14-17-8-6-5-7-9-17/h15-17H,4-14H2,1-3H3,(H2,20,21,22). The predicted molar refractivity (Wildman–Crippen MR) is 104 cm³/mol. The normalized spacial score (nSPS) is 16.4. The molecular weight excluding hydrogens is 312 g/mol. The molecule has 1 aromatic rings. The average molecular weight is 349 g/mol. The summed E-state index contributed by atoms with van der Waals surface area (Å²) in [5, 5.41) is 15.1. The summed E-state index contributed by atoms with van der Waals surface area (Å²) in [6, 6.07) is 0. The minimum absolute atomic E-state index is 0.705. The van der Waals surface area contributed by atoms with Gasteiger partial charge in [0, 0.05) is 32.6 Å². The van der Waals surface area contributed by atoms with E-state index in [-0.39, 0.29) is 0 Å². The molecule has 0 atom stereocenters. The van der Waals surface area contributed by atoms with Gasteiger partial charge in [-0.3, -0.25) is 4.99 Å². The first kappa shape index (κ1) is 19.7. The number of nitrogens with one attached hydrogen (secondary N) is 2. The molecule has 1 aromatic heterocycles. The molecule has 0 saturated heterocycles. The molecule has 2 N–H and O–H groups in total. The number of guanidine groups is 1. The predicted octanol–water partition coefficient (Wildman–Crippen LogP) is 3.00. The first-order chi connectivity index (χ1) is 12.2. The fraction of sp³-hybridized carbons (Fsp3) is 0.842. The third-order valence-electron chi connectivity index (χ3n) is 4.90. The van der Waals surface area contributed by atoms with E-state index in [1.165, 1.54) is 32.1 Å². The lowest BCUT2D eigenvalue weighted by atomic mass is 9.89. The second-order valence-electron chi connectivity index (χ2n) is 7.52. The van der Waals surface area contributed by atoms with Crippen molar-refractivity contribution >= 4 is 5.96 Å². The zero-order valence-corrected chi connectivity index (χ0v) is 16.3. The Morgan fingerprint density at radius 3 is 2.72 bits per heavy atom. The molecule has 142 valence electrons. The Hall–Kier alpha value is -1.59. The lowest BCUT2D eigenvalue weighted by molar-refractivity contribution is 0.366. The van der Waals surface area contributed by atoms with E-state index in [0.29, 0.717) is 5.92 Å². The van der Waals surface area contributed by atoms with Gasteiger partial charge in [0.05, 0.1) is 0 Å². The van der Waals surface area contributed by atoms with Crippen molar-refractivity contribution in [1.82, 2.24) is 25.4 Å². The summed E-state index contributed by atoms with van der Waals surface area (Å²) >= 11 is 0. The summed E-state index contributed by atoms with van der Waals surface area (Å²) in [5.41, 5.74) is 0. The Balaban J connectivity index is 1.81. The number of rotatable bonds is 9. The lowest BCUT2D eigenvalue weighted by Gasteiger charge is -2.20. The lowest BCUT2D eigenvalue weighted by Crippen LogP contribution is -2.40. The van der Waals surface area contributed by atoms with Gasteiger partial charge in [-0.05, 0) is 31.1 Å². The summed E-state index contributed by atoms with van der Waals surface area (Å²) < 4.78 is 2.11. The molecule has 0 unspecified atom stereocenters. The van der Waals surface area contributed by atoms with Crippen LogP contribution in [0.15, 0.2) is 11.3 Å². The number of hydrogen-bond acceptors (Lipinski definition) is 3. The molecule has 2 rings (SSSR count). The van der Waals surface area contributed by atoms with Crippen LogP contribution in [0.5, 0.6) is 0 Å². The van der Waals surface area contributed by atoms with Crippen LogP contribution in [0.3, 0.4) is 0 Å². The van der Waals surface area contributed by atoms with Crippen LogP contribution in [-0.2, 0) is 13.0 Å². The average Bonchev–Trinajstić information content (AvgIpc) is 3.07. The molecule has 1 aliphatic rings. The highest BCUT2D eigenvalue weighted by Gasteiger charge is 2.13. The van der Waals surface area contributed by atoms with Gasteiger partial charge >= 0.3 is 0 Å². The Kier molecular flexibility index (Phi) is 8.77. The van der Waals surface area contributed by atoms with E-state index >= 15 is 0 Å². The number of hydrogen-bond donors (Lipinski definition) is 2. The van der Waals surface area contributed by atoms with E-state index in [4.69, 9.17) is 4.99 Å². The van der Waals surface area contributed by atoms with Crippen molar-refractivity contribution in [3.63, 3.8) is 0 Å². The quantitative estimate of drug-likeness (QED) is 0.532. The van der Waals surface area contributed by atoms with E-state index in [1.54, 1.807) is 0 Å². The van der Waals surface area contributed by atoms with Crippen molar-refractivity contribution in [2.24, 2.45) is 16.8 Å². The minimum atomic E-state index is 0.705. The number of aryl methyl sites for hydroxylation is 1. The molecule has 1 heterocycles. The van der Waals surface area contributed by atoms with Gasteiger partial charge in [0.15, 0.2) is 5.96 Å². The second kappa shape index (κ2) is 11.1.